The summed E-state index contributed by atoms with van der Waals surface area (Å²) in [5, 5.41) is 11.8. The number of nitrogens with zero attached hydrogens (tertiary/aromatic N) is 3. The van der Waals surface area contributed by atoms with E-state index >= 15 is 0 Å². The Morgan fingerprint density at radius 2 is 1.85 bits per heavy atom. The normalized spacial score (nSPS) is 20.3. The highest BCUT2D eigenvalue weighted by molar-refractivity contribution is 7.90. The number of nitro benzene ring substituents is 1. The van der Waals surface area contributed by atoms with E-state index in [0.717, 1.165) is 38.8 Å². The Hall–Kier alpha value is -3.02. The molecule has 0 bridgehead atoms. The van der Waals surface area contributed by atoms with E-state index in [4.69, 9.17) is 4.74 Å². The van der Waals surface area contributed by atoms with Gasteiger partial charge in [0.25, 0.3) is 21.6 Å². The summed E-state index contributed by atoms with van der Waals surface area (Å²) in [7, 11) is -4.27. The topological polar surface area (TPSA) is 122 Å². The van der Waals surface area contributed by atoms with E-state index in [1.807, 2.05) is 9.62 Å². The quantitative estimate of drug-likeness (QED) is 0.497. The molecular formula is C22H24N4O6S. The zero-order valence-electron chi connectivity index (χ0n) is 17.8. The Morgan fingerprint density at radius 1 is 1.12 bits per heavy atom. The van der Waals surface area contributed by atoms with Crippen molar-refractivity contribution in [2.45, 2.75) is 17.4 Å². The zero-order chi connectivity index (χ0) is 23.2. The van der Waals surface area contributed by atoms with Crippen molar-refractivity contribution >= 4 is 27.3 Å². The van der Waals surface area contributed by atoms with Crippen molar-refractivity contribution in [1.29, 1.82) is 0 Å². The van der Waals surface area contributed by atoms with Crippen molar-refractivity contribution in [3.63, 3.8) is 0 Å². The summed E-state index contributed by atoms with van der Waals surface area (Å²) in [6.07, 6.45) is 1.03. The smallest absolute Gasteiger partial charge is 0.293 e. The molecule has 5 rings (SSSR count). The first-order valence-electron chi connectivity index (χ1n) is 10.7. The van der Waals surface area contributed by atoms with Gasteiger partial charge < -0.3 is 9.64 Å². The van der Waals surface area contributed by atoms with Crippen LogP contribution in [-0.4, -0.2) is 69.6 Å². The zero-order valence-corrected chi connectivity index (χ0v) is 18.7. The van der Waals surface area contributed by atoms with Gasteiger partial charge in [-0.1, -0.05) is 18.2 Å². The van der Waals surface area contributed by atoms with E-state index < -0.39 is 20.9 Å². The van der Waals surface area contributed by atoms with E-state index in [-0.39, 0.29) is 21.6 Å². The number of sulfonamides is 1. The second-order valence-electron chi connectivity index (χ2n) is 8.98. The molecule has 1 amide bonds. The molecule has 10 nitrogen and oxygen atoms in total. The summed E-state index contributed by atoms with van der Waals surface area (Å²) in [6, 6.07) is 12.2. The van der Waals surface area contributed by atoms with Crippen LogP contribution in [0.25, 0.3) is 0 Å². The van der Waals surface area contributed by atoms with Gasteiger partial charge in [0.2, 0.25) is 0 Å². The lowest BCUT2D eigenvalue weighted by Gasteiger charge is -2.49. The fraction of sp³-hybridized carbons (Fsp3) is 0.409. The summed E-state index contributed by atoms with van der Waals surface area (Å²) >= 11 is 0. The monoisotopic (exact) mass is 472 g/mol. The lowest BCUT2D eigenvalue weighted by Crippen LogP contribution is -2.59. The molecule has 174 valence electrons. The Balaban J connectivity index is 1.32. The van der Waals surface area contributed by atoms with Crippen LogP contribution in [0.15, 0.2) is 53.4 Å². The van der Waals surface area contributed by atoms with Crippen molar-refractivity contribution in [3.05, 3.63) is 64.2 Å². The van der Waals surface area contributed by atoms with Crippen molar-refractivity contribution in [2.75, 3.05) is 44.3 Å². The number of amides is 1. The number of nitro groups is 1. The van der Waals surface area contributed by atoms with Gasteiger partial charge in [-0.3, -0.25) is 19.8 Å². The number of ether oxygens (including phenoxy) is 1. The number of carbonyl (C=O) groups is 1. The van der Waals surface area contributed by atoms with E-state index in [2.05, 4.69) is 4.90 Å². The third-order valence-electron chi connectivity index (χ3n) is 6.71. The fourth-order valence-corrected chi connectivity index (χ4v) is 5.81. The van der Waals surface area contributed by atoms with Gasteiger partial charge in [0.05, 0.1) is 29.1 Å². The molecule has 11 heteroatoms. The van der Waals surface area contributed by atoms with Gasteiger partial charge in [-0.2, -0.15) is 0 Å². The Bertz CT molecular complexity index is 1190. The second kappa shape index (κ2) is 8.08. The van der Waals surface area contributed by atoms with E-state index in [0.29, 0.717) is 24.8 Å². The maximum atomic E-state index is 12.7. The van der Waals surface area contributed by atoms with Gasteiger partial charge >= 0.3 is 0 Å². The maximum Gasteiger partial charge on any atom is 0.293 e. The van der Waals surface area contributed by atoms with Gasteiger partial charge in [0.1, 0.15) is 5.69 Å². The molecule has 2 aromatic rings. The van der Waals surface area contributed by atoms with Crippen LogP contribution in [0.2, 0.25) is 0 Å². The van der Waals surface area contributed by atoms with Crippen molar-refractivity contribution in [2.24, 2.45) is 5.41 Å². The SMILES string of the molecule is O=C(NS(=O)(=O)c1ccc(N2CC3(CCN(C4COC4)C3)C2)c([N+](=O)[O-])c1)c1ccccc1. The number of benzene rings is 2. The average molecular weight is 473 g/mol. The minimum Gasteiger partial charge on any atom is -0.378 e. The summed E-state index contributed by atoms with van der Waals surface area (Å²) in [5.41, 5.74) is 0.390. The molecule has 0 radical (unpaired) electrons. The highest BCUT2D eigenvalue weighted by Gasteiger charge is 2.50. The molecule has 3 fully saturated rings. The van der Waals surface area contributed by atoms with Gasteiger partial charge in [0, 0.05) is 36.7 Å². The van der Waals surface area contributed by atoms with E-state index in [1.54, 1.807) is 18.2 Å². The lowest BCUT2D eigenvalue weighted by atomic mass is 9.78. The molecule has 0 aromatic heterocycles. The van der Waals surface area contributed by atoms with Crippen LogP contribution in [-0.2, 0) is 14.8 Å². The van der Waals surface area contributed by atoms with Gasteiger partial charge in [-0.05, 0) is 37.2 Å². The van der Waals surface area contributed by atoms with Crippen LogP contribution in [0.4, 0.5) is 11.4 Å². The van der Waals surface area contributed by atoms with Crippen molar-refractivity contribution in [1.82, 2.24) is 9.62 Å². The van der Waals surface area contributed by atoms with Crippen LogP contribution in [0.1, 0.15) is 16.8 Å². The first kappa shape index (κ1) is 21.8. The second-order valence-corrected chi connectivity index (χ2v) is 10.7. The Labute approximate surface area is 191 Å². The lowest BCUT2D eigenvalue weighted by molar-refractivity contribution is -0.384. The van der Waals surface area contributed by atoms with E-state index in [9.17, 15) is 23.3 Å². The number of hydrogen-bond acceptors (Lipinski definition) is 8. The van der Waals surface area contributed by atoms with Gasteiger partial charge in [-0.15, -0.1) is 0 Å². The Kier molecular flexibility index (Phi) is 5.34. The predicted octanol–water partition coefficient (Wildman–Crippen LogP) is 1.62. The highest BCUT2D eigenvalue weighted by atomic mass is 32.2. The molecule has 3 aliphatic rings. The van der Waals surface area contributed by atoms with Crippen LogP contribution in [0, 0.1) is 15.5 Å². The van der Waals surface area contributed by atoms with Gasteiger partial charge in [-0.25, -0.2) is 13.1 Å². The molecule has 2 aromatic carbocycles. The minimum absolute atomic E-state index is 0.109. The summed E-state index contributed by atoms with van der Waals surface area (Å²) in [6.45, 7) is 4.86. The molecule has 0 saturated carbocycles. The van der Waals surface area contributed by atoms with Crippen LogP contribution in [0.3, 0.4) is 0 Å². The third kappa shape index (κ3) is 4.07. The highest BCUT2D eigenvalue weighted by Crippen LogP contribution is 2.45. The van der Waals surface area contributed by atoms with Crippen LogP contribution in [0.5, 0.6) is 0 Å². The average Bonchev–Trinajstić information content (AvgIpc) is 3.16. The number of nitrogens with one attached hydrogen (secondary N) is 1. The molecule has 1 N–H and O–H groups in total. The molecule has 33 heavy (non-hydrogen) atoms. The fourth-order valence-electron chi connectivity index (χ4n) is 4.82. The number of anilines is 1. The molecule has 1 spiro atoms. The molecular weight excluding hydrogens is 448 g/mol. The van der Waals surface area contributed by atoms with Crippen molar-refractivity contribution < 1.29 is 22.9 Å². The largest absolute Gasteiger partial charge is 0.378 e. The van der Waals surface area contributed by atoms with E-state index in [1.165, 1.54) is 24.3 Å². The molecule has 0 aliphatic carbocycles. The molecule has 0 atom stereocenters. The minimum atomic E-state index is -4.27. The maximum absolute atomic E-state index is 12.7. The Morgan fingerprint density at radius 3 is 2.48 bits per heavy atom. The first-order chi connectivity index (χ1) is 15.8. The third-order valence-corrected chi connectivity index (χ3v) is 8.04. The van der Waals surface area contributed by atoms with Gasteiger partial charge in [0.15, 0.2) is 0 Å². The summed E-state index contributed by atoms with van der Waals surface area (Å²) in [5.74, 6) is -0.797. The first-order valence-corrected chi connectivity index (χ1v) is 12.2. The molecule has 3 aliphatic heterocycles. The van der Waals surface area contributed by atoms with Crippen molar-refractivity contribution in [3.8, 4) is 0 Å². The molecule has 0 unspecified atom stereocenters. The molecule has 3 saturated heterocycles. The number of rotatable bonds is 6. The predicted molar refractivity (Wildman–Crippen MR) is 120 cm³/mol. The number of likely N-dealkylation sites (tertiary alicyclic amines) is 1. The number of carbonyl (C=O) groups excluding carboxylic acids is 1. The molecule has 3 heterocycles. The summed E-state index contributed by atoms with van der Waals surface area (Å²) < 4.78 is 32.7. The standard InChI is InChI=1S/C22H24N4O6S/c27-21(16-4-2-1-3-5-16)23-33(30,31)18-6-7-19(20(10-18)26(28)29)25-14-22(15-25)8-9-24(13-22)17-11-32-12-17/h1-7,10,17H,8-9,11-15H2,(H,23,27). The van der Waals surface area contributed by atoms with Crippen LogP contribution < -0.4 is 9.62 Å². The summed E-state index contributed by atoms with van der Waals surface area (Å²) in [4.78, 5) is 27.5. The van der Waals surface area contributed by atoms with Crippen LogP contribution >= 0.6 is 0 Å². The number of hydrogen-bond donors (Lipinski definition) is 1.